The largest absolute Gasteiger partial charge is 0.871 e. The van der Waals surface area contributed by atoms with Crippen LogP contribution in [-0.4, -0.2) is 23.4 Å². The Labute approximate surface area is 248 Å². The number of fused-ring (bicyclic) bond motifs is 2. The number of para-hydroxylation sites is 1. The minimum absolute atomic E-state index is 0.187. The maximum absolute atomic E-state index is 13.4. The number of benzene rings is 2. The average molecular weight is 565 g/mol. The van der Waals surface area contributed by atoms with E-state index in [0.29, 0.717) is 6.54 Å². The van der Waals surface area contributed by atoms with Crippen molar-refractivity contribution in [2.75, 3.05) is 11.4 Å². The number of carboxylic acid groups (broad SMARTS) is 1. The number of carbonyl (C=O) groups is 2. The molecule has 0 fully saturated rings. The van der Waals surface area contributed by atoms with Crippen molar-refractivity contribution < 1.29 is 24.4 Å². The zero-order valence-electron chi connectivity index (χ0n) is 25.1. The molecule has 2 aliphatic rings. The highest BCUT2D eigenvalue weighted by Gasteiger charge is 2.41. The monoisotopic (exact) mass is 564 g/mol. The van der Waals surface area contributed by atoms with Crippen molar-refractivity contribution in [1.29, 1.82) is 0 Å². The molecule has 0 radical (unpaired) electrons. The number of carbonyl (C=O) groups excluding carboxylic acids is 1. The first-order chi connectivity index (χ1) is 20.2. The summed E-state index contributed by atoms with van der Waals surface area (Å²) in [5.74, 6) is -1.47. The number of aromatic carboxylic acids is 1. The normalized spacial score (nSPS) is 17.8. The number of nitrogens with zero attached hydrogens (tertiary/aromatic N) is 2. The van der Waals surface area contributed by atoms with Crippen LogP contribution in [-0.2, 0) is 16.8 Å². The van der Waals surface area contributed by atoms with Crippen molar-refractivity contribution in [3.8, 4) is 0 Å². The number of anilines is 1. The van der Waals surface area contributed by atoms with Crippen LogP contribution in [0.5, 0.6) is 0 Å². The van der Waals surface area contributed by atoms with Crippen LogP contribution in [0.3, 0.4) is 0 Å². The van der Waals surface area contributed by atoms with Crippen LogP contribution >= 0.6 is 0 Å². The molecule has 2 aromatic carbocycles. The summed E-state index contributed by atoms with van der Waals surface area (Å²) in [5.41, 5.74) is 4.62. The number of carboxylic acids is 1. The quantitative estimate of drug-likeness (QED) is 0.164. The van der Waals surface area contributed by atoms with Crippen LogP contribution < -0.4 is 14.6 Å². The van der Waals surface area contributed by atoms with Crippen LogP contribution in [0.15, 0.2) is 83.3 Å². The molecule has 0 atom stereocenters. The van der Waals surface area contributed by atoms with Crippen molar-refractivity contribution in [2.45, 2.75) is 78.2 Å². The first-order valence-electron chi connectivity index (χ1n) is 15.2. The maximum atomic E-state index is 13.4. The van der Waals surface area contributed by atoms with Gasteiger partial charge in [-0.3, -0.25) is 4.79 Å². The highest BCUT2D eigenvalue weighted by atomic mass is 16.4. The fourth-order valence-corrected chi connectivity index (χ4v) is 6.30. The van der Waals surface area contributed by atoms with E-state index < -0.39 is 11.4 Å². The van der Waals surface area contributed by atoms with Crippen LogP contribution in [0, 0.1) is 0 Å². The topological polar surface area (TPSA) is 84.5 Å². The van der Waals surface area contributed by atoms with E-state index in [1.807, 2.05) is 56.3 Å². The Morgan fingerprint density at radius 1 is 0.976 bits per heavy atom. The molecule has 0 saturated heterocycles. The molecule has 1 aliphatic carbocycles. The predicted octanol–water partition coefficient (Wildman–Crippen LogP) is 6.47. The van der Waals surface area contributed by atoms with Crippen LogP contribution in [0.25, 0.3) is 17.0 Å². The fraction of sp³-hybridized carbons (Fsp3) is 0.361. The van der Waals surface area contributed by atoms with Crippen molar-refractivity contribution in [3.05, 3.63) is 100 Å². The van der Waals surface area contributed by atoms with Gasteiger partial charge in [0.1, 0.15) is 6.54 Å². The summed E-state index contributed by atoms with van der Waals surface area (Å²) >= 11 is 0. The van der Waals surface area contributed by atoms with E-state index in [4.69, 9.17) is 0 Å². The number of ketones is 1. The molecule has 42 heavy (non-hydrogen) atoms. The molecule has 3 aromatic rings. The van der Waals surface area contributed by atoms with Gasteiger partial charge in [0.05, 0.1) is 5.56 Å². The van der Waals surface area contributed by atoms with Crippen molar-refractivity contribution in [1.82, 2.24) is 0 Å². The zero-order valence-corrected chi connectivity index (χ0v) is 25.1. The van der Waals surface area contributed by atoms with E-state index in [1.54, 1.807) is 24.3 Å². The van der Waals surface area contributed by atoms with E-state index in [-0.39, 0.29) is 28.3 Å². The third-order valence-corrected chi connectivity index (χ3v) is 8.71. The lowest BCUT2D eigenvalue weighted by Crippen LogP contribution is -2.38. The van der Waals surface area contributed by atoms with E-state index in [0.717, 1.165) is 52.9 Å². The fourth-order valence-electron chi connectivity index (χ4n) is 6.30. The molecule has 0 spiro atoms. The van der Waals surface area contributed by atoms with E-state index in [2.05, 4.69) is 23.3 Å². The SMILES string of the molecule is CCCCCCCCN1C(=CC2=C([O-])C(=Cc3ccc4ccccc4[n+]3CC)C2=O)C(C)(C)c2cc(C(=O)O)ccc21. The van der Waals surface area contributed by atoms with Crippen LogP contribution in [0.1, 0.15) is 87.8 Å². The van der Waals surface area contributed by atoms with E-state index >= 15 is 0 Å². The Bertz CT molecular complexity index is 1640. The van der Waals surface area contributed by atoms with Gasteiger partial charge in [-0.25, -0.2) is 4.79 Å². The summed E-state index contributed by atoms with van der Waals surface area (Å²) in [4.78, 5) is 27.4. The molecule has 1 N–H and O–H groups in total. The Morgan fingerprint density at radius 2 is 1.71 bits per heavy atom. The number of unbranched alkanes of at least 4 members (excludes halogenated alkanes) is 5. The Morgan fingerprint density at radius 3 is 2.43 bits per heavy atom. The molecule has 0 bridgehead atoms. The summed E-state index contributed by atoms with van der Waals surface area (Å²) in [7, 11) is 0. The smallest absolute Gasteiger partial charge is 0.335 e. The van der Waals surface area contributed by atoms with Gasteiger partial charge in [-0.1, -0.05) is 70.8 Å². The highest BCUT2D eigenvalue weighted by Crippen LogP contribution is 2.49. The molecule has 1 aliphatic heterocycles. The minimum Gasteiger partial charge on any atom is -0.871 e. The lowest BCUT2D eigenvalue weighted by atomic mass is 9.80. The Kier molecular flexibility index (Phi) is 8.35. The molecule has 5 rings (SSSR count). The highest BCUT2D eigenvalue weighted by molar-refractivity contribution is 6.23. The van der Waals surface area contributed by atoms with Crippen molar-refractivity contribution >= 4 is 34.4 Å². The number of allylic oxidation sites excluding steroid dienone is 4. The van der Waals surface area contributed by atoms with Gasteiger partial charge in [-0.05, 0) is 55.3 Å². The molecule has 2 heterocycles. The first-order valence-corrected chi connectivity index (χ1v) is 15.2. The molecular formula is C36H40N2O4. The zero-order chi connectivity index (χ0) is 30.0. The number of hydrogen-bond donors (Lipinski definition) is 1. The third kappa shape index (κ3) is 5.26. The van der Waals surface area contributed by atoms with Gasteiger partial charge >= 0.3 is 5.97 Å². The molecule has 0 saturated carbocycles. The van der Waals surface area contributed by atoms with Crippen molar-refractivity contribution in [3.63, 3.8) is 0 Å². The molecule has 6 nitrogen and oxygen atoms in total. The second kappa shape index (κ2) is 12.0. The maximum Gasteiger partial charge on any atom is 0.335 e. The molecule has 218 valence electrons. The molecule has 6 heteroatoms. The predicted molar refractivity (Wildman–Crippen MR) is 165 cm³/mol. The van der Waals surface area contributed by atoms with Gasteiger partial charge in [0.25, 0.3) is 0 Å². The average Bonchev–Trinajstić information content (AvgIpc) is 3.20. The lowest BCUT2D eigenvalue weighted by Gasteiger charge is -2.32. The van der Waals surface area contributed by atoms with Crippen LogP contribution in [0.4, 0.5) is 5.69 Å². The summed E-state index contributed by atoms with van der Waals surface area (Å²) < 4.78 is 2.11. The summed E-state index contributed by atoms with van der Waals surface area (Å²) in [6.07, 6.45) is 10.4. The summed E-state index contributed by atoms with van der Waals surface area (Å²) in [5, 5.41) is 24.2. The van der Waals surface area contributed by atoms with Crippen molar-refractivity contribution in [2.24, 2.45) is 0 Å². The van der Waals surface area contributed by atoms with Gasteiger partial charge in [-0.15, -0.1) is 0 Å². The van der Waals surface area contributed by atoms with Crippen LogP contribution in [0.2, 0.25) is 0 Å². The second-order valence-electron chi connectivity index (χ2n) is 11.8. The molecule has 0 amide bonds. The van der Waals surface area contributed by atoms with Gasteiger partial charge in [-0.2, -0.15) is 4.57 Å². The van der Waals surface area contributed by atoms with Gasteiger partial charge in [0.15, 0.2) is 5.78 Å². The Balaban J connectivity index is 1.50. The first kappa shape index (κ1) is 29.3. The van der Waals surface area contributed by atoms with Gasteiger partial charge < -0.3 is 15.1 Å². The number of aromatic nitrogens is 1. The van der Waals surface area contributed by atoms with Gasteiger partial charge in [0.2, 0.25) is 11.2 Å². The number of hydrogen-bond acceptors (Lipinski definition) is 4. The standard InChI is InChI=1S/C36H40N2O4/c1-5-7-8-9-10-13-20-38-31-19-17-25(35(41)42)21-29(31)36(3,4)32(38)23-28-33(39)27(34(28)40)22-26-18-16-24-14-11-12-15-30(24)37(26)6-2/h11-12,14-19,21-23H,5-10,13,20H2,1-4H3,(H-,39,40,41,42). The summed E-state index contributed by atoms with van der Waals surface area (Å²) in [6.45, 7) is 9.78. The Hall–Kier alpha value is -4.19. The van der Waals surface area contributed by atoms with E-state index in [9.17, 15) is 19.8 Å². The lowest BCUT2D eigenvalue weighted by molar-refractivity contribution is -0.669. The van der Waals surface area contributed by atoms with E-state index in [1.165, 1.54) is 25.7 Å². The number of pyridine rings is 1. The number of aryl methyl sites for hydroxylation is 1. The molecule has 0 unspecified atom stereocenters. The minimum atomic E-state index is -0.972. The van der Waals surface area contributed by atoms with Gasteiger partial charge in [0, 0.05) is 58.1 Å². The summed E-state index contributed by atoms with van der Waals surface area (Å²) in [6, 6.07) is 17.3. The third-order valence-electron chi connectivity index (χ3n) is 8.71. The molecular weight excluding hydrogens is 524 g/mol. The molecule has 1 aromatic heterocycles. The second-order valence-corrected chi connectivity index (χ2v) is 11.8. The number of rotatable bonds is 11. The number of Topliss-reactive ketones (excluding diaryl/α,β-unsaturated/α-hetero) is 1.